The highest BCUT2D eigenvalue weighted by molar-refractivity contribution is 7.92. The molecule has 0 heterocycles. The number of non-ortho nitro benzene ring substituents is 1. The van der Waals surface area contributed by atoms with Gasteiger partial charge in [-0.2, -0.15) is 0 Å². The number of nitrogens with zero attached hydrogens (tertiary/aromatic N) is 2. The van der Waals surface area contributed by atoms with E-state index in [1.165, 1.54) is 44.6 Å². The van der Waals surface area contributed by atoms with Crippen molar-refractivity contribution in [2.45, 2.75) is 11.8 Å². The fourth-order valence-electron chi connectivity index (χ4n) is 3.20. The Hall–Kier alpha value is -4.12. The first-order chi connectivity index (χ1) is 16.2. The smallest absolute Gasteiger partial charge is 0.271 e. The van der Waals surface area contributed by atoms with Gasteiger partial charge in [-0.1, -0.05) is 29.8 Å². The maximum atomic E-state index is 13.5. The van der Waals surface area contributed by atoms with E-state index in [2.05, 4.69) is 5.32 Å². The van der Waals surface area contributed by atoms with Gasteiger partial charge in [-0.3, -0.25) is 19.2 Å². The Kier molecular flexibility index (Phi) is 7.37. The van der Waals surface area contributed by atoms with Crippen LogP contribution in [0.4, 0.5) is 17.1 Å². The fraction of sp³-hybridized carbons (Fsp3) is 0.174. The number of nitro benzene ring substituents is 1. The lowest BCUT2D eigenvalue weighted by molar-refractivity contribution is -0.384. The molecule has 0 radical (unpaired) electrons. The van der Waals surface area contributed by atoms with Crippen LogP contribution >= 0.6 is 0 Å². The van der Waals surface area contributed by atoms with Crippen LogP contribution in [0.15, 0.2) is 71.6 Å². The fourth-order valence-corrected chi connectivity index (χ4v) is 4.63. The van der Waals surface area contributed by atoms with Crippen LogP contribution in [0.2, 0.25) is 0 Å². The highest BCUT2D eigenvalue weighted by atomic mass is 32.2. The van der Waals surface area contributed by atoms with Crippen LogP contribution < -0.4 is 19.1 Å². The second kappa shape index (κ2) is 10.2. The minimum atomic E-state index is -4.18. The number of carbonyl (C=O) groups excluding carboxylic acids is 1. The van der Waals surface area contributed by atoms with Crippen molar-refractivity contribution in [3.63, 3.8) is 0 Å². The largest absolute Gasteiger partial charge is 0.495 e. The number of nitro groups is 1. The summed E-state index contributed by atoms with van der Waals surface area (Å²) in [6.07, 6.45) is 0. The molecule has 0 spiro atoms. The van der Waals surface area contributed by atoms with Gasteiger partial charge in [-0.15, -0.1) is 0 Å². The molecule has 0 fully saturated rings. The number of para-hydroxylation sites is 2. The molecular formula is C23H23N3O7S. The van der Waals surface area contributed by atoms with E-state index < -0.39 is 27.4 Å². The lowest BCUT2D eigenvalue weighted by Gasteiger charge is -2.25. The van der Waals surface area contributed by atoms with Crippen molar-refractivity contribution < 1.29 is 27.6 Å². The average molecular weight is 486 g/mol. The topological polar surface area (TPSA) is 128 Å². The van der Waals surface area contributed by atoms with Crippen LogP contribution in [0.25, 0.3) is 0 Å². The first-order valence-electron chi connectivity index (χ1n) is 10.0. The zero-order valence-corrected chi connectivity index (χ0v) is 19.5. The quantitative estimate of drug-likeness (QED) is 0.361. The molecule has 0 saturated heterocycles. The van der Waals surface area contributed by atoms with Crippen molar-refractivity contribution >= 4 is 33.0 Å². The number of rotatable bonds is 9. The third-order valence-electron chi connectivity index (χ3n) is 4.92. The minimum absolute atomic E-state index is 0.00950. The summed E-state index contributed by atoms with van der Waals surface area (Å²) in [4.78, 5) is 23.5. The maximum Gasteiger partial charge on any atom is 0.271 e. The molecule has 34 heavy (non-hydrogen) atoms. The summed E-state index contributed by atoms with van der Waals surface area (Å²) < 4.78 is 38.5. The van der Waals surface area contributed by atoms with Gasteiger partial charge in [0.1, 0.15) is 18.0 Å². The molecule has 0 aromatic heterocycles. The summed E-state index contributed by atoms with van der Waals surface area (Å²) in [5, 5.41) is 13.6. The van der Waals surface area contributed by atoms with Crippen LogP contribution in [0.3, 0.4) is 0 Å². The van der Waals surface area contributed by atoms with Gasteiger partial charge in [-0.25, -0.2) is 8.42 Å². The molecule has 0 saturated carbocycles. The lowest BCUT2D eigenvalue weighted by atomic mass is 10.2. The number of nitrogens with one attached hydrogen (secondary N) is 1. The molecule has 0 aliphatic carbocycles. The van der Waals surface area contributed by atoms with Gasteiger partial charge < -0.3 is 14.8 Å². The highest BCUT2D eigenvalue weighted by Crippen LogP contribution is 2.33. The van der Waals surface area contributed by atoms with E-state index in [9.17, 15) is 23.3 Å². The zero-order chi connectivity index (χ0) is 24.9. The van der Waals surface area contributed by atoms with Gasteiger partial charge in [0.05, 0.1) is 35.4 Å². The zero-order valence-electron chi connectivity index (χ0n) is 18.7. The average Bonchev–Trinajstić information content (AvgIpc) is 2.82. The predicted octanol–water partition coefficient (Wildman–Crippen LogP) is 3.75. The SMILES string of the molecule is COc1ccc([N+](=O)[O-])cc1NC(=O)CN(c1ccccc1OC)S(=O)(=O)c1ccc(C)cc1. The number of hydrogen-bond acceptors (Lipinski definition) is 7. The van der Waals surface area contributed by atoms with Gasteiger partial charge in [-0.05, 0) is 37.3 Å². The van der Waals surface area contributed by atoms with E-state index in [1.807, 2.05) is 6.92 Å². The molecule has 11 heteroatoms. The summed E-state index contributed by atoms with van der Waals surface area (Å²) in [7, 11) is -1.44. The number of anilines is 2. The van der Waals surface area contributed by atoms with Crippen LogP contribution in [0, 0.1) is 17.0 Å². The van der Waals surface area contributed by atoms with Crippen molar-refractivity contribution in [2.24, 2.45) is 0 Å². The normalized spacial score (nSPS) is 10.9. The predicted molar refractivity (Wildman–Crippen MR) is 127 cm³/mol. The van der Waals surface area contributed by atoms with Crippen molar-refractivity contribution in [2.75, 3.05) is 30.4 Å². The van der Waals surface area contributed by atoms with Crippen molar-refractivity contribution in [1.29, 1.82) is 0 Å². The number of carbonyl (C=O) groups is 1. The Morgan fingerprint density at radius 2 is 1.65 bits per heavy atom. The summed E-state index contributed by atoms with van der Waals surface area (Å²) in [6.45, 7) is 1.21. The minimum Gasteiger partial charge on any atom is -0.495 e. The van der Waals surface area contributed by atoms with Gasteiger partial charge in [0.15, 0.2) is 0 Å². The second-order valence-electron chi connectivity index (χ2n) is 7.19. The highest BCUT2D eigenvalue weighted by Gasteiger charge is 2.29. The molecule has 1 N–H and O–H groups in total. The number of ether oxygens (including phenoxy) is 2. The standard InChI is InChI=1S/C23H23N3O7S/c1-16-8-11-18(12-9-16)34(30,31)25(20-6-4-5-7-22(20)33-3)15-23(27)24-19-14-17(26(28)29)10-13-21(19)32-2/h4-14H,15H2,1-3H3,(H,24,27). The molecule has 3 aromatic carbocycles. The Balaban J connectivity index is 2.01. The molecule has 0 atom stereocenters. The van der Waals surface area contributed by atoms with Gasteiger partial charge >= 0.3 is 0 Å². The summed E-state index contributed by atoms with van der Waals surface area (Å²) in [5.41, 5.74) is 0.810. The van der Waals surface area contributed by atoms with Crippen LogP contribution in [0.5, 0.6) is 11.5 Å². The molecule has 3 rings (SSSR count). The molecule has 1 amide bonds. The molecule has 10 nitrogen and oxygen atoms in total. The van der Waals surface area contributed by atoms with Crippen molar-refractivity contribution in [1.82, 2.24) is 0 Å². The number of aryl methyl sites for hydroxylation is 1. The third kappa shape index (κ3) is 5.26. The van der Waals surface area contributed by atoms with Gasteiger partial charge in [0.2, 0.25) is 5.91 Å². The van der Waals surface area contributed by atoms with E-state index in [4.69, 9.17) is 9.47 Å². The first-order valence-corrected chi connectivity index (χ1v) is 11.5. The Morgan fingerprint density at radius 1 is 1.00 bits per heavy atom. The summed E-state index contributed by atoms with van der Waals surface area (Å²) in [5.74, 6) is -0.302. The molecule has 0 bridgehead atoms. The summed E-state index contributed by atoms with van der Waals surface area (Å²) >= 11 is 0. The second-order valence-corrected chi connectivity index (χ2v) is 9.05. The molecular weight excluding hydrogens is 462 g/mol. The van der Waals surface area contributed by atoms with E-state index in [0.717, 1.165) is 15.9 Å². The summed E-state index contributed by atoms with van der Waals surface area (Å²) in [6, 6.07) is 16.3. The number of methoxy groups -OCH3 is 2. The number of benzene rings is 3. The molecule has 0 aliphatic rings. The molecule has 3 aromatic rings. The van der Waals surface area contributed by atoms with Crippen LogP contribution in [-0.2, 0) is 14.8 Å². The maximum absolute atomic E-state index is 13.5. The van der Waals surface area contributed by atoms with E-state index >= 15 is 0 Å². The van der Waals surface area contributed by atoms with Crippen molar-refractivity contribution in [3.05, 3.63) is 82.4 Å². The molecule has 0 aliphatic heterocycles. The number of amides is 1. The third-order valence-corrected chi connectivity index (χ3v) is 6.69. The lowest BCUT2D eigenvalue weighted by Crippen LogP contribution is -2.38. The van der Waals surface area contributed by atoms with Crippen LogP contribution in [-0.4, -0.2) is 40.0 Å². The van der Waals surface area contributed by atoms with Gasteiger partial charge in [0.25, 0.3) is 15.7 Å². The molecule has 178 valence electrons. The van der Waals surface area contributed by atoms with E-state index in [0.29, 0.717) is 0 Å². The van der Waals surface area contributed by atoms with Crippen molar-refractivity contribution in [3.8, 4) is 11.5 Å². The first kappa shape index (κ1) is 24.5. The van der Waals surface area contributed by atoms with E-state index in [-0.39, 0.29) is 33.5 Å². The van der Waals surface area contributed by atoms with E-state index in [1.54, 1.807) is 30.3 Å². The molecule has 0 unspecified atom stereocenters. The Labute approximate surface area is 196 Å². The monoisotopic (exact) mass is 485 g/mol. The van der Waals surface area contributed by atoms with Crippen LogP contribution in [0.1, 0.15) is 5.56 Å². The Morgan fingerprint density at radius 3 is 2.26 bits per heavy atom. The number of sulfonamides is 1. The Bertz CT molecular complexity index is 1310. The van der Waals surface area contributed by atoms with Gasteiger partial charge in [0, 0.05) is 12.1 Å². The number of hydrogen-bond donors (Lipinski definition) is 1.